The molecule has 1 atom stereocenters. The van der Waals surface area contributed by atoms with Crippen molar-refractivity contribution in [3.63, 3.8) is 0 Å². The molecule has 3 aromatic carbocycles. The smallest absolute Gasteiger partial charge is 0.126 e. The Morgan fingerprint density at radius 1 is 0.781 bits per heavy atom. The van der Waals surface area contributed by atoms with Gasteiger partial charge in [0.05, 0.1) is 6.04 Å². The summed E-state index contributed by atoms with van der Waals surface area (Å²) in [5.41, 5.74) is 0.841. The van der Waals surface area contributed by atoms with Crippen LogP contribution in [-0.4, -0.2) is 23.7 Å². The predicted molar refractivity (Wildman–Crippen MR) is 124 cm³/mol. The Morgan fingerprint density at radius 3 is 1.62 bits per heavy atom. The van der Waals surface area contributed by atoms with E-state index in [4.69, 9.17) is 23.2 Å². The molecule has 1 saturated heterocycles. The summed E-state index contributed by atoms with van der Waals surface area (Å²) in [6, 6.07) is 18.5. The summed E-state index contributed by atoms with van der Waals surface area (Å²) in [4.78, 5) is 2.24. The van der Waals surface area contributed by atoms with Crippen molar-refractivity contribution in [3.8, 4) is 0 Å². The minimum absolute atomic E-state index is 0.0617. The van der Waals surface area contributed by atoms with Gasteiger partial charge in [0.25, 0.3) is 0 Å². The van der Waals surface area contributed by atoms with Crippen LogP contribution in [0.1, 0.15) is 42.5 Å². The van der Waals surface area contributed by atoms with Crippen molar-refractivity contribution >= 4 is 23.2 Å². The van der Waals surface area contributed by atoms with E-state index in [1.807, 2.05) is 48.5 Å². The molecule has 168 valence electrons. The van der Waals surface area contributed by atoms with Gasteiger partial charge in [0, 0.05) is 35.1 Å². The van der Waals surface area contributed by atoms with Crippen LogP contribution in [0.3, 0.4) is 0 Å². The highest BCUT2D eigenvalue weighted by molar-refractivity contribution is 6.30. The van der Waals surface area contributed by atoms with E-state index in [1.54, 1.807) is 0 Å². The summed E-state index contributed by atoms with van der Waals surface area (Å²) in [7, 11) is 0. The van der Waals surface area contributed by atoms with E-state index in [0.717, 1.165) is 17.2 Å². The second-order valence-electron chi connectivity index (χ2n) is 8.96. The lowest BCUT2D eigenvalue weighted by Crippen LogP contribution is -2.53. The molecule has 0 unspecified atom stereocenters. The fourth-order valence-corrected chi connectivity index (χ4v) is 5.11. The van der Waals surface area contributed by atoms with Crippen LogP contribution in [0.4, 0.5) is 13.2 Å². The normalized spacial score (nSPS) is 16.2. The number of hydrogen-bond acceptors (Lipinski definition) is 1. The molecule has 0 saturated carbocycles. The molecule has 1 heterocycles. The first kappa shape index (κ1) is 23.2. The SMILES string of the molecule is CC(C)(F)[C@H](c1cc(F)cc(F)c1)C1CN(C(c2ccc(Cl)cc2)c2ccc(Cl)cc2)C1. The molecule has 3 aromatic rings. The van der Waals surface area contributed by atoms with Crippen molar-refractivity contribution in [2.75, 3.05) is 13.1 Å². The first-order chi connectivity index (χ1) is 15.1. The van der Waals surface area contributed by atoms with E-state index in [-0.39, 0.29) is 12.0 Å². The minimum Gasteiger partial charge on any atom is -0.292 e. The zero-order chi connectivity index (χ0) is 23.0. The van der Waals surface area contributed by atoms with E-state index in [2.05, 4.69) is 4.90 Å². The van der Waals surface area contributed by atoms with E-state index < -0.39 is 23.2 Å². The topological polar surface area (TPSA) is 3.24 Å². The van der Waals surface area contributed by atoms with Crippen LogP contribution in [0.25, 0.3) is 0 Å². The first-order valence-electron chi connectivity index (χ1n) is 10.5. The molecular formula is C26H24Cl2F3N. The molecule has 1 aliphatic rings. The van der Waals surface area contributed by atoms with Gasteiger partial charge in [-0.1, -0.05) is 47.5 Å². The molecule has 6 heteroatoms. The van der Waals surface area contributed by atoms with E-state index in [9.17, 15) is 8.78 Å². The van der Waals surface area contributed by atoms with Gasteiger partial charge in [-0.05, 0) is 72.9 Å². The second-order valence-corrected chi connectivity index (χ2v) is 9.84. The number of nitrogens with zero attached hydrogens (tertiary/aromatic N) is 1. The van der Waals surface area contributed by atoms with Crippen molar-refractivity contribution < 1.29 is 13.2 Å². The van der Waals surface area contributed by atoms with Gasteiger partial charge >= 0.3 is 0 Å². The van der Waals surface area contributed by atoms with Gasteiger partial charge in [-0.15, -0.1) is 0 Å². The number of halogens is 5. The maximum absolute atomic E-state index is 15.2. The van der Waals surface area contributed by atoms with Gasteiger partial charge in [-0.25, -0.2) is 13.2 Å². The van der Waals surface area contributed by atoms with Gasteiger partial charge in [0.15, 0.2) is 0 Å². The third-order valence-electron chi connectivity index (χ3n) is 6.13. The Morgan fingerprint density at radius 2 is 1.22 bits per heavy atom. The first-order valence-corrected chi connectivity index (χ1v) is 11.3. The van der Waals surface area contributed by atoms with Gasteiger partial charge in [-0.2, -0.15) is 0 Å². The predicted octanol–water partition coefficient (Wildman–Crippen LogP) is 7.82. The molecule has 1 aliphatic heterocycles. The minimum atomic E-state index is -1.63. The highest BCUT2D eigenvalue weighted by atomic mass is 35.5. The molecular weight excluding hydrogens is 454 g/mol. The largest absolute Gasteiger partial charge is 0.292 e. The third-order valence-corrected chi connectivity index (χ3v) is 6.63. The average Bonchev–Trinajstić information content (AvgIpc) is 2.67. The van der Waals surface area contributed by atoms with E-state index in [0.29, 0.717) is 28.7 Å². The van der Waals surface area contributed by atoms with Crippen molar-refractivity contribution in [1.29, 1.82) is 0 Å². The van der Waals surface area contributed by atoms with Gasteiger partial charge in [0.1, 0.15) is 17.3 Å². The standard InChI is InChI=1S/C26H24Cl2F3N/c1-26(2,31)24(18-11-22(29)13-23(30)12-18)19-14-32(15-19)25(16-3-7-20(27)8-4-16)17-5-9-21(28)10-6-17/h3-13,19,24-25H,14-15H2,1-2H3/t24-/m1/s1. The number of benzene rings is 3. The number of hydrogen-bond donors (Lipinski definition) is 0. The summed E-state index contributed by atoms with van der Waals surface area (Å²) in [5.74, 6) is -2.09. The molecule has 4 rings (SSSR count). The van der Waals surface area contributed by atoms with Crippen molar-refractivity contribution in [1.82, 2.24) is 4.90 Å². The summed E-state index contributed by atoms with van der Waals surface area (Å²) in [6.07, 6.45) is 0. The fraction of sp³-hybridized carbons (Fsp3) is 0.308. The monoisotopic (exact) mass is 477 g/mol. The van der Waals surface area contributed by atoms with E-state index in [1.165, 1.54) is 26.0 Å². The fourth-order valence-electron chi connectivity index (χ4n) is 4.86. The summed E-state index contributed by atoms with van der Waals surface area (Å²) < 4.78 is 43.0. The van der Waals surface area contributed by atoms with Crippen LogP contribution in [0.5, 0.6) is 0 Å². The van der Waals surface area contributed by atoms with Crippen LogP contribution in [0.15, 0.2) is 66.7 Å². The van der Waals surface area contributed by atoms with Crippen LogP contribution < -0.4 is 0 Å². The highest BCUT2D eigenvalue weighted by Gasteiger charge is 2.45. The molecule has 0 spiro atoms. The Labute approximate surface area is 196 Å². The molecule has 0 bridgehead atoms. The van der Waals surface area contributed by atoms with Crippen molar-refractivity contribution in [2.24, 2.45) is 5.92 Å². The maximum atomic E-state index is 15.2. The zero-order valence-corrected chi connectivity index (χ0v) is 19.3. The number of rotatable bonds is 6. The lowest BCUT2D eigenvalue weighted by molar-refractivity contribution is 0.00805. The van der Waals surface area contributed by atoms with Gasteiger partial charge in [-0.3, -0.25) is 4.90 Å². The van der Waals surface area contributed by atoms with E-state index >= 15 is 4.39 Å². The molecule has 0 radical (unpaired) electrons. The van der Waals surface area contributed by atoms with Crippen molar-refractivity contribution in [2.45, 2.75) is 31.5 Å². The second kappa shape index (κ2) is 9.09. The molecule has 0 amide bonds. The van der Waals surface area contributed by atoms with Crippen LogP contribution in [0, 0.1) is 17.6 Å². The van der Waals surface area contributed by atoms with Gasteiger partial charge < -0.3 is 0 Å². The Hall–Kier alpha value is -2.01. The number of alkyl halides is 1. The lowest BCUT2D eigenvalue weighted by atomic mass is 9.72. The molecule has 32 heavy (non-hydrogen) atoms. The van der Waals surface area contributed by atoms with Crippen LogP contribution in [-0.2, 0) is 0 Å². The lowest BCUT2D eigenvalue weighted by Gasteiger charge is -2.50. The Balaban J connectivity index is 1.63. The molecule has 0 aliphatic carbocycles. The zero-order valence-electron chi connectivity index (χ0n) is 17.8. The Kier molecular flexibility index (Phi) is 6.58. The van der Waals surface area contributed by atoms with Crippen LogP contribution in [0.2, 0.25) is 10.0 Å². The quantitative estimate of drug-likeness (QED) is 0.349. The molecule has 1 nitrogen and oxygen atoms in total. The average molecular weight is 478 g/mol. The summed E-state index contributed by atoms with van der Waals surface area (Å²) in [6.45, 7) is 4.12. The Bertz CT molecular complexity index is 1010. The number of likely N-dealkylation sites (tertiary alicyclic amines) is 1. The molecule has 0 N–H and O–H groups in total. The summed E-state index contributed by atoms with van der Waals surface area (Å²) in [5, 5.41) is 1.30. The van der Waals surface area contributed by atoms with Crippen LogP contribution >= 0.6 is 23.2 Å². The highest BCUT2D eigenvalue weighted by Crippen LogP contribution is 2.45. The van der Waals surface area contributed by atoms with Gasteiger partial charge in [0.2, 0.25) is 0 Å². The molecule has 1 fully saturated rings. The molecule has 0 aromatic heterocycles. The van der Waals surface area contributed by atoms with Crippen molar-refractivity contribution in [3.05, 3.63) is 105 Å². The summed E-state index contributed by atoms with van der Waals surface area (Å²) >= 11 is 12.2. The maximum Gasteiger partial charge on any atom is 0.126 e. The third kappa shape index (κ3) is 4.98.